The predicted molar refractivity (Wildman–Crippen MR) is 117 cm³/mol. The maximum Gasteiger partial charge on any atom is 0.246 e. The van der Waals surface area contributed by atoms with Crippen molar-refractivity contribution in [2.24, 2.45) is 0 Å². The lowest BCUT2D eigenvalue weighted by molar-refractivity contribution is -0.126. The van der Waals surface area contributed by atoms with Gasteiger partial charge in [0.05, 0.1) is 12.1 Å². The van der Waals surface area contributed by atoms with E-state index >= 15 is 0 Å². The molecule has 0 fully saturated rings. The highest BCUT2D eigenvalue weighted by molar-refractivity contribution is 7.16. The Morgan fingerprint density at radius 3 is 2.90 bits per heavy atom. The Balaban J connectivity index is 1.34. The Morgan fingerprint density at radius 1 is 1.33 bits per heavy atom. The summed E-state index contributed by atoms with van der Waals surface area (Å²) in [6, 6.07) is 13.6. The number of rotatable bonds is 5. The molecule has 0 saturated heterocycles. The summed E-state index contributed by atoms with van der Waals surface area (Å²) in [6.07, 6.45) is 7.55. The van der Waals surface area contributed by atoms with Crippen LogP contribution in [0.3, 0.4) is 0 Å². The quantitative estimate of drug-likeness (QED) is 0.639. The SMILES string of the molecule is N#Cc1c(N)sc2c1CCN(C(=O)C=Cc1ccc(OCc3cccnc3)cc1)C2. The van der Waals surface area contributed by atoms with Crippen molar-refractivity contribution < 1.29 is 9.53 Å². The van der Waals surface area contributed by atoms with E-state index in [0.717, 1.165) is 27.3 Å². The number of thiophene rings is 1. The molecule has 150 valence electrons. The van der Waals surface area contributed by atoms with Crippen molar-refractivity contribution in [2.45, 2.75) is 19.6 Å². The molecule has 1 aliphatic rings. The normalized spacial score (nSPS) is 13.1. The zero-order valence-corrected chi connectivity index (χ0v) is 17.1. The molecule has 0 spiro atoms. The first-order valence-electron chi connectivity index (χ1n) is 9.53. The molecule has 3 heterocycles. The molecule has 0 aliphatic carbocycles. The van der Waals surface area contributed by atoms with Crippen LogP contribution < -0.4 is 10.5 Å². The second kappa shape index (κ2) is 8.80. The highest BCUT2D eigenvalue weighted by atomic mass is 32.1. The molecule has 1 aliphatic heterocycles. The molecule has 0 atom stereocenters. The van der Waals surface area contributed by atoms with Gasteiger partial charge in [0.15, 0.2) is 0 Å². The molecular weight excluding hydrogens is 396 g/mol. The van der Waals surface area contributed by atoms with Gasteiger partial charge < -0.3 is 15.4 Å². The molecule has 6 nitrogen and oxygen atoms in total. The maximum atomic E-state index is 12.6. The fourth-order valence-electron chi connectivity index (χ4n) is 3.33. The van der Waals surface area contributed by atoms with Crippen LogP contribution >= 0.6 is 11.3 Å². The summed E-state index contributed by atoms with van der Waals surface area (Å²) in [6.45, 7) is 1.54. The Labute approximate surface area is 178 Å². The van der Waals surface area contributed by atoms with Crippen molar-refractivity contribution in [3.63, 3.8) is 0 Å². The number of hydrogen-bond acceptors (Lipinski definition) is 6. The number of nitrogens with two attached hydrogens (primary N) is 1. The average molecular weight is 417 g/mol. The van der Waals surface area contributed by atoms with Crippen LogP contribution in [0.4, 0.5) is 5.00 Å². The first-order chi connectivity index (χ1) is 14.6. The molecule has 7 heteroatoms. The number of carbonyl (C=O) groups is 1. The lowest BCUT2D eigenvalue weighted by Crippen LogP contribution is -2.34. The monoisotopic (exact) mass is 416 g/mol. The van der Waals surface area contributed by atoms with E-state index in [0.29, 0.717) is 36.7 Å². The van der Waals surface area contributed by atoms with Crippen LogP contribution in [0.2, 0.25) is 0 Å². The van der Waals surface area contributed by atoms with Gasteiger partial charge in [-0.15, -0.1) is 11.3 Å². The van der Waals surface area contributed by atoms with Gasteiger partial charge in [-0.3, -0.25) is 9.78 Å². The van der Waals surface area contributed by atoms with Gasteiger partial charge in [-0.25, -0.2) is 0 Å². The molecule has 2 aromatic heterocycles. The highest BCUT2D eigenvalue weighted by Crippen LogP contribution is 2.34. The Bertz CT molecular complexity index is 1110. The summed E-state index contributed by atoms with van der Waals surface area (Å²) in [5.41, 5.74) is 9.41. The number of amides is 1. The van der Waals surface area contributed by atoms with Crippen molar-refractivity contribution in [2.75, 3.05) is 12.3 Å². The van der Waals surface area contributed by atoms with Crippen molar-refractivity contribution in [3.05, 3.63) is 82.0 Å². The summed E-state index contributed by atoms with van der Waals surface area (Å²) in [5, 5.41) is 9.77. The van der Waals surface area contributed by atoms with Gasteiger partial charge in [-0.2, -0.15) is 5.26 Å². The molecule has 3 aromatic rings. The number of fused-ring (bicyclic) bond motifs is 1. The number of carbonyl (C=O) groups excluding carboxylic acids is 1. The maximum absolute atomic E-state index is 12.6. The lowest BCUT2D eigenvalue weighted by Gasteiger charge is -2.25. The number of nitriles is 1. The standard InChI is InChI=1S/C23H20N4O2S/c24-12-20-19-9-11-27(14-21(19)30-23(20)25)22(28)8-5-16-3-6-18(7-4-16)29-15-17-2-1-10-26-13-17/h1-8,10,13H,9,11,14-15,25H2. The lowest BCUT2D eigenvalue weighted by atomic mass is 10.0. The molecule has 0 saturated carbocycles. The van der Waals surface area contributed by atoms with E-state index in [4.69, 9.17) is 10.5 Å². The number of pyridine rings is 1. The third kappa shape index (κ3) is 4.34. The molecule has 4 rings (SSSR count). The van der Waals surface area contributed by atoms with Crippen molar-refractivity contribution in [1.29, 1.82) is 5.26 Å². The second-order valence-electron chi connectivity index (χ2n) is 6.92. The fraction of sp³-hybridized carbons (Fsp3) is 0.174. The zero-order valence-electron chi connectivity index (χ0n) is 16.2. The van der Waals surface area contributed by atoms with Gasteiger partial charge >= 0.3 is 0 Å². The summed E-state index contributed by atoms with van der Waals surface area (Å²) in [7, 11) is 0. The van der Waals surface area contributed by atoms with E-state index < -0.39 is 0 Å². The largest absolute Gasteiger partial charge is 0.489 e. The third-order valence-corrected chi connectivity index (χ3v) is 5.98. The number of nitrogens with zero attached hydrogens (tertiary/aromatic N) is 3. The third-order valence-electron chi connectivity index (χ3n) is 4.93. The fourth-order valence-corrected chi connectivity index (χ4v) is 4.42. The minimum atomic E-state index is -0.0527. The number of aromatic nitrogens is 1. The van der Waals surface area contributed by atoms with Crippen LogP contribution in [0.1, 0.15) is 27.1 Å². The van der Waals surface area contributed by atoms with Crippen LogP contribution in [0.5, 0.6) is 5.75 Å². The van der Waals surface area contributed by atoms with E-state index in [9.17, 15) is 10.1 Å². The molecule has 30 heavy (non-hydrogen) atoms. The van der Waals surface area contributed by atoms with Crippen LogP contribution in [-0.2, 0) is 24.4 Å². The molecule has 0 bridgehead atoms. The average Bonchev–Trinajstić information content (AvgIpc) is 3.11. The number of ether oxygens (including phenoxy) is 1. The van der Waals surface area contributed by atoms with Crippen LogP contribution in [0.15, 0.2) is 54.9 Å². The van der Waals surface area contributed by atoms with E-state index in [2.05, 4.69) is 11.1 Å². The predicted octanol–water partition coefficient (Wildman–Crippen LogP) is 3.77. The van der Waals surface area contributed by atoms with Gasteiger partial charge in [0.2, 0.25) is 5.91 Å². The van der Waals surface area contributed by atoms with Crippen LogP contribution in [-0.4, -0.2) is 22.3 Å². The van der Waals surface area contributed by atoms with Gasteiger partial charge in [-0.1, -0.05) is 18.2 Å². The van der Waals surface area contributed by atoms with Crippen molar-refractivity contribution in [3.8, 4) is 11.8 Å². The van der Waals surface area contributed by atoms with Gasteiger partial charge in [-0.05, 0) is 41.8 Å². The topological polar surface area (TPSA) is 92.2 Å². The van der Waals surface area contributed by atoms with Gasteiger partial charge in [0, 0.05) is 35.5 Å². The van der Waals surface area contributed by atoms with Gasteiger partial charge in [0.1, 0.15) is 23.4 Å². The summed E-state index contributed by atoms with van der Waals surface area (Å²) in [5.74, 6) is 0.706. The number of hydrogen-bond donors (Lipinski definition) is 1. The molecule has 1 aromatic carbocycles. The summed E-state index contributed by atoms with van der Waals surface area (Å²) < 4.78 is 5.75. The van der Waals surface area contributed by atoms with Crippen molar-refractivity contribution in [1.82, 2.24) is 9.88 Å². The Morgan fingerprint density at radius 2 is 2.17 bits per heavy atom. The van der Waals surface area contributed by atoms with E-state index in [1.54, 1.807) is 29.4 Å². The number of nitrogen functional groups attached to an aromatic ring is 1. The molecule has 2 N–H and O–H groups in total. The minimum Gasteiger partial charge on any atom is -0.489 e. The van der Waals surface area contributed by atoms with Gasteiger partial charge in [0.25, 0.3) is 0 Å². The number of anilines is 1. The van der Waals surface area contributed by atoms with E-state index in [-0.39, 0.29) is 5.91 Å². The number of benzene rings is 1. The van der Waals surface area contributed by atoms with E-state index in [1.807, 2.05) is 36.4 Å². The molecule has 0 unspecified atom stereocenters. The second-order valence-corrected chi connectivity index (χ2v) is 8.05. The van der Waals surface area contributed by atoms with Crippen molar-refractivity contribution >= 4 is 28.3 Å². The zero-order chi connectivity index (χ0) is 20.9. The Kier molecular flexibility index (Phi) is 5.77. The van der Waals surface area contributed by atoms with E-state index in [1.165, 1.54) is 11.3 Å². The molecule has 1 amide bonds. The smallest absolute Gasteiger partial charge is 0.246 e. The minimum absolute atomic E-state index is 0.0527. The first-order valence-corrected chi connectivity index (χ1v) is 10.3. The van der Waals surface area contributed by atoms with Crippen LogP contribution in [0.25, 0.3) is 6.08 Å². The summed E-state index contributed by atoms with van der Waals surface area (Å²) in [4.78, 5) is 19.4. The Hall–Kier alpha value is -3.63. The molecular formula is C23H20N4O2S. The molecule has 0 radical (unpaired) electrons. The van der Waals surface area contributed by atoms with Crippen LogP contribution in [0, 0.1) is 11.3 Å². The highest BCUT2D eigenvalue weighted by Gasteiger charge is 2.25. The summed E-state index contributed by atoms with van der Waals surface area (Å²) >= 11 is 1.40. The first kappa shape index (κ1) is 19.7.